The molecule has 1 unspecified atom stereocenters. The normalized spacial score (nSPS) is 11.4. The van der Waals surface area contributed by atoms with E-state index in [1.165, 1.54) is 14.2 Å². The number of carbonyl (C=O) groups excluding carboxylic acids is 1. The van der Waals surface area contributed by atoms with Crippen LogP contribution in [0.3, 0.4) is 0 Å². The molecule has 1 atom stereocenters. The average molecular weight is 345 g/mol. The van der Waals surface area contributed by atoms with Crippen molar-refractivity contribution in [3.63, 3.8) is 0 Å². The van der Waals surface area contributed by atoms with Crippen LogP contribution in [0.2, 0.25) is 0 Å². The van der Waals surface area contributed by atoms with Crippen LogP contribution in [0.4, 0.5) is 0 Å². The highest BCUT2D eigenvalue weighted by atomic mass is 16.5. The number of nitrogens with one attached hydrogen (secondary N) is 1. The summed E-state index contributed by atoms with van der Waals surface area (Å²) in [4.78, 5) is 12.7. The van der Waals surface area contributed by atoms with Crippen molar-refractivity contribution >= 4 is 5.91 Å². The Bertz CT molecular complexity index is 745. The number of hydrogen-bond donors (Lipinski definition) is 1. The molecule has 0 aliphatic rings. The molecule has 2 aromatic rings. The van der Waals surface area contributed by atoms with Crippen molar-refractivity contribution in [3.05, 3.63) is 47.5 Å². The first-order chi connectivity index (χ1) is 12.0. The quantitative estimate of drug-likeness (QED) is 0.835. The van der Waals surface area contributed by atoms with Crippen LogP contribution in [-0.2, 0) is 0 Å². The summed E-state index contributed by atoms with van der Waals surface area (Å²) in [6.45, 7) is 1.89. The van der Waals surface area contributed by atoms with Gasteiger partial charge in [0.25, 0.3) is 5.91 Å². The van der Waals surface area contributed by atoms with E-state index in [4.69, 9.17) is 18.9 Å². The van der Waals surface area contributed by atoms with Crippen molar-refractivity contribution in [3.8, 4) is 23.0 Å². The van der Waals surface area contributed by atoms with E-state index in [9.17, 15) is 4.79 Å². The summed E-state index contributed by atoms with van der Waals surface area (Å²) in [5.74, 6) is 1.91. The lowest BCUT2D eigenvalue weighted by Crippen LogP contribution is -2.27. The predicted molar refractivity (Wildman–Crippen MR) is 95.0 cm³/mol. The second-order valence-electron chi connectivity index (χ2n) is 5.35. The summed E-state index contributed by atoms with van der Waals surface area (Å²) in [5, 5.41) is 2.96. The van der Waals surface area contributed by atoms with Crippen molar-refractivity contribution in [1.82, 2.24) is 5.32 Å². The third-order valence-corrected chi connectivity index (χ3v) is 3.90. The summed E-state index contributed by atoms with van der Waals surface area (Å²) in [6, 6.07) is 10.5. The van der Waals surface area contributed by atoms with Gasteiger partial charge in [0.1, 0.15) is 0 Å². The van der Waals surface area contributed by atoms with Gasteiger partial charge in [-0.2, -0.15) is 0 Å². The number of benzene rings is 2. The zero-order valence-corrected chi connectivity index (χ0v) is 15.1. The van der Waals surface area contributed by atoms with Crippen molar-refractivity contribution < 1.29 is 23.7 Å². The molecule has 2 rings (SSSR count). The fraction of sp³-hybridized carbons (Fsp3) is 0.316. The van der Waals surface area contributed by atoms with Crippen LogP contribution in [-0.4, -0.2) is 34.3 Å². The number of para-hydroxylation sites is 1. The summed E-state index contributed by atoms with van der Waals surface area (Å²) < 4.78 is 21.1. The molecule has 0 heterocycles. The average Bonchev–Trinajstić information content (AvgIpc) is 2.66. The lowest BCUT2D eigenvalue weighted by Gasteiger charge is -2.18. The van der Waals surface area contributed by atoms with Crippen molar-refractivity contribution in [2.45, 2.75) is 13.0 Å². The number of methoxy groups -OCH3 is 4. The smallest absolute Gasteiger partial charge is 0.255 e. The fourth-order valence-corrected chi connectivity index (χ4v) is 2.55. The lowest BCUT2D eigenvalue weighted by atomic mass is 10.1. The van der Waals surface area contributed by atoms with Gasteiger partial charge in [0.2, 0.25) is 0 Å². The maximum Gasteiger partial charge on any atom is 0.255 e. The van der Waals surface area contributed by atoms with Gasteiger partial charge in [-0.05, 0) is 36.8 Å². The molecule has 0 saturated carbocycles. The molecule has 0 aliphatic heterocycles. The van der Waals surface area contributed by atoms with Crippen LogP contribution in [0.1, 0.15) is 28.9 Å². The topological polar surface area (TPSA) is 66.0 Å². The van der Waals surface area contributed by atoms with Crippen LogP contribution in [0.15, 0.2) is 36.4 Å². The van der Waals surface area contributed by atoms with Gasteiger partial charge in [0.05, 0.1) is 40.0 Å². The highest BCUT2D eigenvalue weighted by Crippen LogP contribution is 2.32. The van der Waals surface area contributed by atoms with E-state index in [0.717, 1.165) is 5.56 Å². The first-order valence-corrected chi connectivity index (χ1v) is 7.79. The minimum atomic E-state index is -0.252. The van der Waals surface area contributed by atoms with Gasteiger partial charge in [-0.25, -0.2) is 0 Å². The van der Waals surface area contributed by atoms with E-state index in [0.29, 0.717) is 28.6 Å². The highest BCUT2D eigenvalue weighted by molar-refractivity contribution is 5.98. The first-order valence-electron chi connectivity index (χ1n) is 7.79. The Hall–Kier alpha value is -2.89. The number of carbonyl (C=O) groups is 1. The van der Waals surface area contributed by atoms with Crippen molar-refractivity contribution in [2.75, 3.05) is 28.4 Å². The standard InChI is InChI=1S/C19H23NO5/c1-12(13-9-10-15(22-2)17(11-13)24-4)20-19(21)14-7-6-8-16(23-3)18(14)25-5/h6-12H,1-5H3,(H,20,21). The van der Waals surface area contributed by atoms with Gasteiger partial charge in [-0.3, -0.25) is 4.79 Å². The van der Waals surface area contributed by atoms with Gasteiger partial charge in [-0.1, -0.05) is 12.1 Å². The molecule has 134 valence electrons. The maximum absolute atomic E-state index is 12.7. The number of ether oxygens (including phenoxy) is 4. The first kappa shape index (κ1) is 18.4. The molecule has 0 radical (unpaired) electrons. The van der Waals surface area contributed by atoms with Gasteiger partial charge >= 0.3 is 0 Å². The molecule has 0 bridgehead atoms. The SMILES string of the molecule is COc1ccc(C(C)NC(=O)c2cccc(OC)c2OC)cc1OC. The van der Waals surface area contributed by atoms with E-state index in [1.807, 2.05) is 25.1 Å². The minimum absolute atomic E-state index is 0.233. The van der Waals surface area contributed by atoms with E-state index in [-0.39, 0.29) is 11.9 Å². The second-order valence-corrected chi connectivity index (χ2v) is 5.35. The Morgan fingerprint density at radius 1 is 0.880 bits per heavy atom. The Balaban J connectivity index is 2.23. The summed E-state index contributed by atoms with van der Waals surface area (Å²) in [7, 11) is 6.20. The summed E-state index contributed by atoms with van der Waals surface area (Å²) in [6.07, 6.45) is 0. The molecule has 0 spiro atoms. The van der Waals surface area contributed by atoms with Crippen LogP contribution in [0, 0.1) is 0 Å². The van der Waals surface area contributed by atoms with Crippen molar-refractivity contribution in [1.29, 1.82) is 0 Å². The van der Waals surface area contributed by atoms with Gasteiger partial charge in [-0.15, -0.1) is 0 Å². The number of amides is 1. The van der Waals surface area contributed by atoms with Crippen LogP contribution >= 0.6 is 0 Å². The monoisotopic (exact) mass is 345 g/mol. The zero-order chi connectivity index (χ0) is 18.4. The van der Waals surface area contributed by atoms with Crippen LogP contribution in [0.25, 0.3) is 0 Å². The molecule has 0 aliphatic carbocycles. The molecule has 6 heteroatoms. The molecule has 1 N–H and O–H groups in total. The molecular weight excluding hydrogens is 322 g/mol. The third kappa shape index (κ3) is 3.96. The Labute approximate surface area is 147 Å². The number of hydrogen-bond acceptors (Lipinski definition) is 5. The second kappa shape index (κ2) is 8.28. The van der Waals surface area contributed by atoms with E-state index in [2.05, 4.69) is 5.32 Å². The lowest BCUT2D eigenvalue weighted by molar-refractivity contribution is 0.0936. The minimum Gasteiger partial charge on any atom is -0.493 e. The predicted octanol–water partition coefficient (Wildman–Crippen LogP) is 3.21. The van der Waals surface area contributed by atoms with Crippen LogP contribution < -0.4 is 24.3 Å². The van der Waals surface area contributed by atoms with E-state index < -0.39 is 0 Å². The maximum atomic E-state index is 12.7. The third-order valence-electron chi connectivity index (χ3n) is 3.90. The summed E-state index contributed by atoms with van der Waals surface area (Å²) in [5.41, 5.74) is 1.31. The fourth-order valence-electron chi connectivity index (χ4n) is 2.55. The van der Waals surface area contributed by atoms with Crippen molar-refractivity contribution in [2.24, 2.45) is 0 Å². The van der Waals surface area contributed by atoms with Crippen LogP contribution in [0.5, 0.6) is 23.0 Å². The largest absolute Gasteiger partial charge is 0.493 e. The molecule has 25 heavy (non-hydrogen) atoms. The van der Waals surface area contributed by atoms with Gasteiger partial charge in [0.15, 0.2) is 23.0 Å². The molecule has 0 saturated heterocycles. The summed E-state index contributed by atoms with van der Waals surface area (Å²) >= 11 is 0. The molecule has 0 fully saturated rings. The van der Waals surface area contributed by atoms with E-state index in [1.54, 1.807) is 32.4 Å². The zero-order valence-electron chi connectivity index (χ0n) is 15.1. The molecule has 1 amide bonds. The number of rotatable bonds is 7. The Morgan fingerprint density at radius 3 is 2.16 bits per heavy atom. The Morgan fingerprint density at radius 2 is 1.56 bits per heavy atom. The Kier molecular flexibility index (Phi) is 6.11. The molecule has 6 nitrogen and oxygen atoms in total. The molecule has 2 aromatic carbocycles. The van der Waals surface area contributed by atoms with Gasteiger partial charge in [0, 0.05) is 0 Å². The van der Waals surface area contributed by atoms with E-state index >= 15 is 0 Å². The molecule has 0 aromatic heterocycles. The van der Waals surface area contributed by atoms with Gasteiger partial charge < -0.3 is 24.3 Å². The highest BCUT2D eigenvalue weighted by Gasteiger charge is 2.19. The molecular formula is C19H23NO5.